The predicted octanol–water partition coefficient (Wildman–Crippen LogP) is 1.46. The molecule has 1 aliphatic rings. The summed E-state index contributed by atoms with van der Waals surface area (Å²) in [7, 11) is 0. The van der Waals surface area contributed by atoms with Gasteiger partial charge in [-0.3, -0.25) is 0 Å². The highest BCUT2D eigenvalue weighted by Crippen LogP contribution is 2.24. The molecule has 0 amide bonds. The first-order chi connectivity index (χ1) is 8.10. The topological polar surface area (TPSA) is 41.5 Å². The van der Waals surface area contributed by atoms with Gasteiger partial charge in [0.05, 0.1) is 6.10 Å². The van der Waals surface area contributed by atoms with E-state index in [4.69, 9.17) is 4.74 Å². The Bertz CT molecular complexity index is 385. The van der Waals surface area contributed by atoms with Crippen molar-refractivity contribution in [2.45, 2.75) is 31.6 Å². The van der Waals surface area contributed by atoms with Gasteiger partial charge in [0.2, 0.25) is 0 Å². The zero-order chi connectivity index (χ0) is 12.3. The fourth-order valence-electron chi connectivity index (χ4n) is 2.07. The fraction of sp³-hybridized carbons (Fsp3) is 0.538. The van der Waals surface area contributed by atoms with Crippen LogP contribution < -0.4 is 5.32 Å². The number of halogens is 1. The number of nitrogens with one attached hydrogen (secondary N) is 1. The minimum absolute atomic E-state index is 0.150. The highest BCUT2D eigenvalue weighted by atomic mass is 19.1. The van der Waals surface area contributed by atoms with Gasteiger partial charge >= 0.3 is 0 Å². The van der Waals surface area contributed by atoms with E-state index < -0.39 is 5.60 Å². The van der Waals surface area contributed by atoms with Crippen LogP contribution in [0.5, 0.6) is 0 Å². The van der Waals surface area contributed by atoms with Crippen LogP contribution in [0.4, 0.5) is 4.39 Å². The Balaban J connectivity index is 1.83. The summed E-state index contributed by atoms with van der Waals surface area (Å²) in [4.78, 5) is 0. The van der Waals surface area contributed by atoms with Crippen LogP contribution in [0.2, 0.25) is 0 Å². The van der Waals surface area contributed by atoms with Crippen molar-refractivity contribution in [3.8, 4) is 0 Å². The Morgan fingerprint density at radius 2 is 2.41 bits per heavy atom. The Morgan fingerprint density at radius 3 is 3.06 bits per heavy atom. The van der Waals surface area contributed by atoms with Crippen LogP contribution in [0.3, 0.4) is 0 Å². The molecule has 2 N–H and O–H groups in total. The maximum Gasteiger partial charge on any atom is 0.123 e. The average molecular weight is 239 g/mol. The standard InChI is InChI=1S/C13H18FNO2/c1-10-13(16,5-6-17-10)9-15-8-11-3-2-4-12(14)7-11/h2-4,7,10,15-16H,5-6,8-9H2,1H3. The average Bonchev–Trinajstić information content (AvgIpc) is 2.60. The summed E-state index contributed by atoms with van der Waals surface area (Å²) in [6.45, 7) is 3.48. The molecular weight excluding hydrogens is 221 g/mol. The predicted molar refractivity (Wildman–Crippen MR) is 63.1 cm³/mol. The third-order valence-electron chi connectivity index (χ3n) is 3.31. The monoisotopic (exact) mass is 239 g/mol. The van der Waals surface area contributed by atoms with Gasteiger partial charge in [-0.15, -0.1) is 0 Å². The quantitative estimate of drug-likeness (QED) is 0.835. The molecule has 1 aromatic carbocycles. The second kappa shape index (κ2) is 5.12. The molecular formula is C13H18FNO2. The number of rotatable bonds is 4. The summed E-state index contributed by atoms with van der Waals surface area (Å²) in [5.41, 5.74) is 0.0769. The molecule has 0 aromatic heterocycles. The van der Waals surface area contributed by atoms with Crippen LogP contribution >= 0.6 is 0 Å². The van der Waals surface area contributed by atoms with Crippen LogP contribution in [0, 0.1) is 5.82 Å². The SMILES string of the molecule is CC1OCCC1(O)CNCc1cccc(F)c1. The van der Waals surface area contributed by atoms with Crippen molar-refractivity contribution in [1.82, 2.24) is 5.32 Å². The lowest BCUT2D eigenvalue weighted by Gasteiger charge is -2.26. The molecule has 0 radical (unpaired) electrons. The summed E-state index contributed by atoms with van der Waals surface area (Å²) in [6, 6.07) is 6.45. The molecule has 1 saturated heterocycles. The molecule has 0 bridgehead atoms. The Kier molecular flexibility index (Phi) is 3.76. The second-order valence-electron chi connectivity index (χ2n) is 4.60. The minimum atomic E-state index is -0.798. The van der Waals surface area contributed by atoms with E-state index in [0.29, 0.717) is 26.1 Å². The summed E-state index contributed by atoms with van der Waals surface area (Å²) in [6.07, 6.45) is 0.493. The van der Waals surface area contributed by atoms with E-state index >= 15 is 0 Å². The molecule has 1 aliphatic heterocycles. The largest absolute Gasteiger partial charge is 0.386 e. The molecule has 2 rings (SSSR count). The van der Waals surface area contributed by atoms with Gasteiger partial charge in [0, 0.05) is 26.1 Å². The molecule has 0 saturated carbocycles. The number of hydrogen-bond acceptors (Lipinski definition) is 3. The van der Waals surface area contributed by atoms with E-state index in [9.17, 15) is 9.50 Å². The van der Waals surface area contributed by atoms with Gasteiger partial charge in [0.1, 0.15) is 11.4 Å². The van der Waals surface area contributed by atoms with Crippen molar-refractivity contribution in [3.63, 3.8) is 0 Å². The molecule has 17 heavy (non-hydrogen) atoms. The van der Waals surface area contributed by atoms with Crippen LogP contribution in [-0.2, 0) is 11.3 Å². The second-order valence-corrected chi connectivity index (χ2v) is 4.60. The summed E-state index contributed by atoms with van der Waals surface area (Å²) in [5.74, 6) is -0.236. The summed E-state index contributed by atoms with van der Waals surface area (Å²) >= 11 is 0. The first-order valence-corrected chi connectivity index (χ1v) is 5.89. The van der Waals surface area contributed by atoms with Gasteiger partial charge in [0.15, 0.2) is 0 Å². The molecule has 1 fully saturated rings. The van der Waals surface area contributed by atoms with Crippen molar-refractivity contribution in [3.05, 3.63) is 35.6 Å². The highest BCUT2D eigenvalue weighted by Gasteiger charge is 2.38. The molecule has 4 heteroatoms. The van der Waals surface area contributed by atoms with Crippen molar-refractivity contribution in [2.24, 2.45) is 0 Å². The lowest BCUT2D eigenvalue weighted by Crippen LogP contribution is -2.45. The van der Waals surface area contributed by atoms with E-state index in [1.54, 1.807) is 6.07 Å². The minimum Gasteiger partial charge on any atom is -0.386 e. The molecule has 3 nitrogen and oxygen atoms in total. The van der Waals surface area contributed by atoms with Gasteiger partial charge in [-0.2, -0.15) is 0 Å². The molecule has 0 aliphatic carbocycles. The van der Waals surface area contributed by atoms with E-state index in [-0.39, 0.29) is 11.9 Å². The lowest BCUT2D eigenvalue weighted by atomic mass is 9.96. The lowest BCUT2D eigenvalue weighted by molar-refractivity contribution is -0.0262. The molecule has 1 aromatic rings. The molecule has 0 spiro atoms. The number of aliphatic hydroxyl groups is 1. The van der Waals surface area contributed by atoms with E-state index in [1.165, 1.54) is 12.1 Å². The highest BCUT2D eigenvalue weighted by molar-refractivity contribution is 5.16. The van der Waals surface area contributed by atoms with Crippen molar-refractivity contribution < 1.29 is 14.2 Å². The number of hydrogen-bond donors (Lipinski definition) is 2. The zero-order valence-electron chi connectivity index (χ0n) is 9.95. The van der Waals surface area contributed by atoms with Crippen molar-refractivity contribution in [2.75, 3.05) is 13.2 Å². The Labute approximate surface area is 101 Å². The maximum atomic E-state index is 12.9. The Morgan fingerprint density at radius 1 is 1.59 bits per heavy atom. The third-order valence-corrected chi connectivity index (χ3v) is 3.31. The molecule has 2 atom stereocenters. The van der Waals surface area contributed by atoms with Gasteiger partial charge < -0.3 is 15.2 Å². The third kappa shape index (κ3) is 3.03. The van der Waals surface area contributed by atoms with Crippen LogP contribution in [0.1, 0.15) is 18.9 Å². The Hall–Kier alpha value is -0.970. The maximum absolute atomic E-state index is 12.9. The number of benzene rings is 1. The van der Waals surface area contributed by atoms with Crippen LogP contribution in [0.25, 0.3) is 0 Å². The van der Waals surface area contributed by atoms with Gasteiger partial charge in [-0.1, -0.05) is 12.1 Å². The number of ether oxygens (including phenoxy) is 1. The van der Waals surface area contributed by atoms with E-state index in [2.05, 4.69) is 5.32 Å². The van der Waals surface area contributed by atoms with Crippen LogP contribution in [-0.4, -0.2) is 30.0 Å². The molecule has 2 unspecified atom stereocenters. The van der Waals surface area contributed by atoms with E-state index in [0.717, 1.165) is 5.56 Å². The molecule has 94 valence electrons. The van der Waals surface area contributed by atoms with Crippen molar-refractivity contribution >= 4 is 0 Å². The van der Waals surface area contributed by atoms with Gasteiger partial charge in [-0.05, 0) is 24.6 Å². The van der Waals surface area contributed by atoms with E-state index in [1.807, 2.05) is 13.0 Å². The zero-order valence-corrected chi connectivity index (χ0v) is 9.95. The normalized spacial score (nSPS) is 28.5. The summed E-state index contributed by atoms with van der Waals surface area (Å²) in [5, 5.41) is 13.4. The first kappa shape index (κ1) is 12.5. The van der Waals surface area contributed by atoms with Crippen molar-refractivity contribution in [1.29, 1.82) is 0 Å². The first-order valence-electron chi connectivity index (χ1n) is 5.89. The summed E-state index contributed by atoms with van der Waals surface area (Å²) < 4.78 is 18.3. The van der Waals surface area contributed by atoms with Gasteiger partial charge in [0.25, 0.3) is 0 Å². The molecule has 1 heterocycles. The van der Waals surface area contributed by atoms with Crippen LogP contribution in [0.15, 0.2) is 24.3 Å². The smallest absolute Gasteiger partial charge is 0.123 e. The fourth-order valence-corrected chi connectivity index (χ4v) is 2.07. The van der Waals surface area contributed by atoms with Gasteiger partial charge in [-0.25, -0.2) is 4.39 Å².